The van der Waals surface area contributed by atoms with Crippen molar-refractivity contribution in [2.75, 3.05) is 4.90 Å². The summed E-state index contributed by atoms with van der Waals surface area (Å²) in [6.45, 7) is 0. The molecule has 12 aromatic rings. The molecule has 1 heterocycles. The average molecular weight is 879 g/mol. The molecule has 0 aliphatic heterocycles. The van der Waals surface area contributed by atoms with Crippen LogP contribution < -0.4 is 4.90 Å². The first-order valence-corrected chi connectivity index (χ1v) is 23.8. The second-order valence-corrected chi connectivity index (χ2v) is 18.1. The van der Waals surface area contributed by atoms with Gasteiger partial charge in [-0.25, -0.2) is 0 Å². The monoisotopic (exact) mass is 878 g/mol. The Morgan fingerprint density at radius 2 is 0.768 bits per heavy atom. The predicted molar refractivity (Wildman–Crippen MR) is 289 cm³/mol. The van der Waals surface area contributed by atoms with Crippen molar-refractivity contribution in [1.82, 2.24) is 4.57 Å². The molecule has 1 aromatic heterocycles. The molecule has 1 aliphatic carbocycles. The van der Waals surface area contributed by atoms with Gasteiger partial charge in [-0.3, -0.25) is 0 Å². The maximum atomic E-state index is 2.42. The molecule has 0 N–H and O–H groups in total. The number of rotatable bonds is 9. The molecular weight excluding hydrogens is 833 g/mol. The molecule has 0 bridgehead atoms. The summed E-state index contributed by atoms with van der Waals surface area (Å²) in [5, 5.41) is 2.50. The van der Waals surface area contributed by atoms with Crippen molar-refractivity contribution >= 4 is 38.9 Å². The van der Waals surface area contributed by atoms with Crippen LogP contribution in [-0.4, -0.2) is 4.57 Å². The van der Waals surface area contributed by atoms with E-state index in [1.165, 1.54) is 83.0 Å². The summed E-state index contributed by atoms with van der Waals surface area (Å²) in [4.78, 5) is 2.42. The number of benzene rings is 11. The van der Waals surface area contributed by atoms with E-state index in [-0.39, 0.29) is 0 Å². The van der Waals surface area contributed by atoms with Crippen molar-refractivity contribution in [3.63, 3.8) is 0 Å². The van der Waals surface area contributed by atoms with Gasteiger partial charge in [0, 0.05) is 33.5 Å². The molecule has 13 rings (SSSR count). The number of hydrogen-bond donors (Lipinski definition) is 0. The highest BCUT2D eigenvalue weighted by Gasteiger charge is 2.46. The molecule has 0 amide bonds. The van der Waals surface area contributed by atoms with Crippen LogP contribution in [0.5, 0.6) is 0 Å². The molecule has 1 aliphatic rings. The van der Waals surface area contributed by atoms with Gasteiger partial charge >= 0.3 is 0 Å². The lowest BCUT2D eigenvalue weighted by Gasteiger charge is -2.34. The quantitative estimate of drug-likeness (QED) is 0.140. The minimum absolute atomic E-state index is 0.469. The Morgan fingerprint density at radius 1 is 0.275 bits per heavy atom. The highest BCUT2D eigenvalue weighted by atomic mass is 15.1. The zero-order chi connectivity index (χ0) is 45.7. The van der Waals surface area contributed by atoms with Crippen LogP contribution in [0.2, 0.25) is 0 Å². The first kappa shape index (κ1) is 40.3. The van der Waals surface area contributed by atoms with Crippen molar-refractivity contribution < 1.29 is 0 Å². The summed E-state index contributed by atoms with van der Waals surface area (Å²) in [5.74, 6) is 0. The molecule has 0 fully saturated rings. The Balaban J connectivity index is 0.941. The van der Waals surface area contributed by atoms with Crippen LogP contribution in [0.1, 0.15) is 22.3 Å². The number of aromatic nitrogens is 1. The highest BCUT2D eigenvalue weighted by molar-refractivity contribution is 6.10. The van der Waals surface area contributed by atoms with Gasteiger partial charge in [-0.1, -0.05) is 206 Å². The van der Waals surface area contributed by atoms with Crippen molar-refractivity contribution in [1.29, 1.82) is 0 Å². The Labute approximate surface area is 403 Å². The molecule has 324 valence electrons. The molecule has 0 unspecified atom stereocenters. The zero-order valence-electron chi connectivity index (χ0n) is 38.0. The molecule has 2 heteroatoms. The fraction of sp³-hybridized carbons (Fsp3) is 0.0149. The minimum Gasteiger partial charge on any atom is -0.310 e. The van der Waals surface area contributed by atoms with Crippen LogP contribution in [0.15, 0.2) is 279 Å². The third-order valence-corrected chi connectivity index (χ3v) is 14.3. The van der Waals surface area contributed by atoms with Crippen molar-refractivity contribution in [3.8, 4) is 50.2 Å². The lowest BCUT2D eigenvalue weighted by Crippen LogP contribution is -2.28. The summed E-state index contributed by atoms with van der Waals surface area (Å²) in [6, 6.07) is 102. The summed E-state index contributed by atoms with van der Waals surface area (Å²) in [6.07, 6.45) is 0. The minimum atomic E-state index is -0.469. The third kappa shape index (κ3) is 6.72. The summed E-state index contributed by atoms with van der Waals surface area (Å²) in [5.41, 5.74) is 21.1. The third-order valence-electron chi connectivity index (χ3n) is 14.3. The number of fused-ring (bicyclic) bond motifs is 6. The number of hydrogen-bond acceptors (Lipinski definition) is 1. The van der Waals surface area contributed by atoms with E-state index in [4.69, 9.17) is 0 Å². The normalized spacial score (nSPS) is 12.5. The van der Waals surface area contributed by atoms with E-state index in [1.807, 2.05) is 0 Å². The van der Waals surface area contributed by atoms with Crippen LogP contribution in [0.3, 0.4) is 0 Å². The van der Waals surface area contributed by atoms with E-state index in [1.54, 1.807) is 0 Å². The molecular formula is C67H46N2. The first-order valence-electron chi connectivity index (χ1n) is 23.8. The Hall–Kier alpha value is -8.98. The molecule has 2 nitrogen and oxygen atoms in total. The van der Waals surface area contributed by atoms with Gasteiger partial charge in [0.1, 0.15) is 0 Å². The molecule has 69 heavy (non-hydrogen) atoms. The van der Waals surface area contributed by atoms with Gasteiger partial charge < -0.3 is 9.47 Å². The summed E-state index contributed by atoms with van der Waals surface area (Å²) < 4.78 is 2.38. The zero-order valence-corrected chi connectivity index (χ0v) is 38.0. The lowest BCUT2D eigenvalue weighted by atomic mass is 9.68. The maximum absolute atomic E-state index is 2.42. The SMILES string of the molecule is c1ccc(-c2ccc(N(c3cccc(-c4cccc(-c5ccc6c(c5)c5ccccc5n6-c5ccccc5)c4)c3)c3ccc4c(c3)-c3ccccc3C4(c3ccccc3)c3ccccc3)cc2)cc1. The lowest BCUT2D eigenvalue weighted by molar-refractivity contribution is 0.768. The molecule has 0 saturated carbocycles. The Bertz CT molecular complexity index is 3780. The topological polar surface area (TPSA) is 8.17 Å². The van der Waals surface area contributed by atoms with Crippen molar-refractivity contribution in [3.05, 3.63) is 301 Å². The second-order valence-electron chi connectivity index (χ2n) is 18.1. The number of para-hydroxylation sites is 2. The second kappa shape index (κ2) is 16.7. The molecule has 0 atom stereocenters. The van der Waals surface area contributed by atoms with Gasteiger partial charge in [0.25, 0.3) is 0 Å². The highest BCUT2D eigenvalue weighted by Crippen LogP contribution is 2.57. The van der Waals surface area contributed by atoms with Gasteiger partial charge in [0.05, 0.1) is 16.4 Å². The molecule has 11 aromatic carbocycles. The van der Waals surface area contributed by atoms with Gasteiger partial charge in [-0.05, 0) is 140 Å². The smallest absolute Gasteiger partial charge is 0.0713 e. The van der Waals surface area contributed by atoms with Gasteiger partial charge in [0.15, 0.2) is 0 Å². The van der Waals surface area contributed by atoms with Crippen LogP contribution in [0.25, 0.3) is 72.0 Å². The maximum Gasteiger partial charge on any atom is 0.0713 e. The van der Waals surface area contributed by atoms with E-state index < -0.39 is 5.41 Å². The van der Waals surface area contributed by atoms with E-state index in [9.17, 15) is 0 Å². The fourth-order valence-electron chi connectivity index (χ4n) is 11.2. The van der Waals surface area contributed by atoms with E-state index in [2.05, 4.69) is 289 Å². The van der Waals surface area contributed by atoms with Gasteiger partial charge in [-0.2, -0.15) is 0 Å². The summed E-state index contributed by atoms with van der Waals surface area (Å²) in [7, 11) is 0. The first-order chi connectivity index (χ1) is 34.2. The Kier molecular flexibility index (Phi) is 9.77. The van der Waals surface area contributed by atoms with Crippen LogP contribution in [0.4, 0.5) is 17.1 Å². The van der Waals surface area contributed by atoms with Gasteiger partial charge in [0.2, 0.25) is 0 Å². The van der Waals surface area contributed by atoms with Crippen LogP contribution in [-0.2, 0) is 5.41 Å². The molecule has 0 radical (unpaired) electrons. The van der Waals surface area contributed by atoms with E-state index in [0.29, 0.717) is 0 Å². The fourth-order valence-corrected chi connectivity index (χ4v) is 11.2. The van der Waals surface area contributed by atoms with Gasteiger partial charge in [-0.15, -0.1) is 0 Å². The number of anilines is 3. The van der Waals surface area contributed by atoms with Crippen molar-refractivity contribution in [2.24, 2.45) is 0 Å². The predicted octanol–water partition coefficient (Wildman–Crippen LogP) is 17.6. The van der Waals surface area contributed by atoms with Crippen LogP contribution >= 0.6 is 0 Å². The van der Waals surface area contributed by atoms with Crippen LogP contribution in [0, 0.1) is 0 Å². The van der Waals surface area contributed by atoms with E-state index in [0.717, 1.165) is 28.3 Å². The number of nitrogens with zero attached hydrogens (tertiary/aromatic N) is 2. The summed E-state index contributed by atoms with van der Waals surface area (Å²) >= 11 is 0. The molecule has 0 spiro atoms. The van der Waals surface area contributed by atoms with E-state index >= 15 is 0 Å². The van der Waals surface area contributed by atoms with Crippen molar-refractivity contribution in [2.45, 2.75) is 5.41 Å². The Morgan fingerprint density at radius 3 is 1.49 bits per heavy atom. The molecule has 0 saturated heterocycles. The standard InChI is InChI=1S/C67H46N2/c1-5-19-47(20-6-1)48-35-38-56(39-36-48)68(58-40-41-64-61(46-58)59-31-13-15-33-63(59)67(64,53-24-7-2-8-25-53)54-26-9-3-10-27-54)57-30-18-23-51(44-57)49-21-17-22-50(43-49)52-37-42-66-62(45-52)60-32-14-16-34-65(60)69(66)55-28-11-4-12-29-55/h1-46H. The average Bonchev–Trinajstić information content (AvgIpc) is 3.92. The largest absolute Gasteiger partial charge is 0.310 e.